The van der Waals surface area contributed by atoms with E-state index in [-0.39, 0.29) is 18.1 Å². The molecule has 3 aromatic heterocycles. The summed E-state index contributed by atoms with van der Waals surface area (Å²) >= 11 is 0. The fraction of sp³-hybridized carbons (Fsp3) is 0.192. The minimum absolute atomic E-state index is 0.142. The van der Waals surface area contributed by atoms with Crippen LogP contribution in [0.5, 0.6) is 0 Å². The van der Waals surface area contributed by atoms with Crippen LogP contribution in [0.1, 0.15) is 45.8 Å². The molecule has 3 heterocycles. The second kappa shape index (κ2) is 8.67. The molecule has 1 aliphatic carbocycles. The summed E-state index contributed by atoms with van der Waals surface area (Å²) in [6, 6.07) is 17.4. The third-order valence-electron chi connectivity index (χ3n) is 5.75. The van der Waals surface area contributed by atoms with Crippen LogP contribution in [0.2, 0.25) is 0 Å². The molecule has 160 valence electrons. The Morgan fingerprint density at radius 3 is 2.78 bits per heavy atom. The van der Waals surface area contributed by atoms with Crippen molar-refractivity contribution in [2.75, 3.05) is 5.32 Å². The highest BCUT2D eigenvalue weighted by molar-refractivity contribution is 6.01. The number of furan rings is 1. The molecule has 2 N–H and O–H groups in total. The Kier molecular flexibility index (Phi) is 5.42. The average molecular weight is 425 g/mol. The van der Waals surface area contributed by atoms with Gasteiger partial charge >= 0.3 is 0 Å². The van der Waals surface area contributed by atoms with Gasteiger partial charge in [0.15, 0.2) is 5.78 Å². The van der Waals surface area contributed by atoms with Gasteiger partial charge < -0.3 is 14.7 Å². The summed E-state index contributed by atoms with van der Waals surface area (Å²) in [6.07, 6.45) is 6.33. The lowest BCUT2D eigenvalue weighted by Gasteiger charge is -2.12. The number of pyridine rings is 1. The first-order valence-electron chi connectivity index (χ1n) is 10.8. The van der Waals surface area contributed by atoms with Gasteiger partial charge in [-0.05, 0) is 48.2 Å². The normalized spacial score (nSPS) is 13.1. The highest BCUT2D eigenvalue weighted by Crippen LogP contribution is 2.35. The molecule has 0 radical (unpaired) electrons. The number of rotatable bonds is 6. The first kappa shape index (κ1) is 20.0. The van der Waals surface area contributed by atoms with E-state index in [4.69, 9.17) is 4.42 Å². The Labute approximate surface area is 185 Å². The number of hydrogen-bond donors (Lipinski definition) is 2. The third-order valence-corrected chi connectivity index (χ3v) is 5.75. The van der Waals surface area contributed by atoms with Crippen molar-refractivity contribution in [3.05, 3.63) is 95.2 Å². The van der Waals surface area contributed by atoms with Crippen molar-refractivity contribution in [3.8, 4) is 11.3 Å². The second-order valence-electron chi connectivity index (χ2n) is 8.01. The number of aromatic nitrogens is 2. The molecule has 0 saturated carbocycles. The molecule has 1 aromatic carbocycles. The van der Waals surface area contributed by atoms with E-state index < -0.39 is 0 Å². The first-order valence-corrected chi connectivity index (χ1v) is 10.8. The number of fused-ring (bicyclic) bond motifs is 1. The smallest absolute Gasteiger partial charge is 0.233 e. The highest BCUT2D eigenvalue weighted by atomic mass is 16.3. The fourth-order valence-corrected chi connectivity index (χ4v) is 4.31. The van der Waals surface area contributed by atoms with Crippen molar-refractivity contribution in [2.45, 2.75) is 32.1 Å². The Balaban J connectivity index is 1.48. The van der Waals surface area contributed by atoms with E-state index >= 15 is 0 Å². The second-order valence-corrected chi connectivity index (χ2v) is 8.01. The van der Waals surface area contributed by atoms with Gasteiger partial charge in [-0.25, -0.2) is 4.98 Å². The number of amides is 1. The van der Waals surface area contributed by atoms with Crippen molar-refractivity contribution in [3.63, 3.8) is 0 Å². The molecular formula is C26H23N3O3. The lowest BCUT2D eigenvalue weighted by atomic mass is 9.90. The van der Waals surface area contributed by atoms with Gasteiger partial charge in [0.25, 0.3) is 0 Å². The number of nitrogens with zero attached hydrogens (tertiary/aromatic N) is 1. The molecule has 5 rings (SSSR count). The molecule has 1 aliphatic rings. The van der Waals surface area contributed by atoms with E-state index in [9.17, 15) is 9.59 Å². The third kappa shape index (κ3) is 4.12. The van der Waals surface area contributed by atoms with E-state index in [1.165, 1.54) is 0 Å². The molecule has 6 nitrogen and oxygen atoms in total. The van der Waals surface area contributed by atoms with Crippen molar-refractivity contribution >= 4 is 17.5 Å². The predicted molar refractivity (Wildman–Crippen MR) is 122 cm³/mol. The summed E-state index contributed by atoms with van der Waals surface area (Å²) < 4.78 is 5.25. The number of Topliss-reactive ketones (excluding diaryl/α,β-unsaturated/α-hetero) is 1. The lowest BCUT2D eigenvalue weighted by molar-refractivity contribution is -0.115. The topological polar surface area (TPSA) is 88.0 Å². The number of H-pyrrole nitrogens is 1. The van der Waals surface area contributed by atoms with Crippen LogP contribution in [-0.2, 0) is 24.1 Å². The van der Waals surface area contributed by atoms with E-state index in [1.807, 2.05) is 30.3 Å². The largest absolute Gasteiger partial charge is 0.469 e. The van der Waals surface area contributed by atoms with Gasteiger partial charge in [0.05, 0.1) is 18.4 Å². The Hall–Kier alpha value is -3.93. The molecule has 32 heavy (non-hydrogen) atoms. The zero-order valence-electron chi connectivity index (χ0n) is 17.6. The monoisotopic (exact) mass is 425 g/mol. The van der Waals surface area contributed by atoms with Gasteiger partial charge in [-0.15, -0.1) is 0 Å². The van der Waals surface area contributed by atoms with E-state index in [0.29, 0.717) is 24.4 Å². The summed E-state index contributed by atoms with van der Waals surface area (Å²) in [4.78, 5) is 33.0. The van der Waals surface area contributed by atoms with Crippen molar-refractivity contribution in [1.29, 1.82) is 0 Å². The molecule has 6 heteroatoms. The predicted octanol–water partition coefficient (Wildman–Crippen LogP) is 4.96. The van der Waals surface area contributed by atoms with Crippen LogP contribution in [0.25, 0.3) is 11.3 Å². The van der Waals surface area contributed by atoms with Crippen molar-refractivity contribution < 1.29 is 14.0 Å². The Bertz CT molecular complexity index is 1260. The van der Waals surface area contributed by atoms with Gasteiger partial charge in [0.2, 0.25) is 5.91 Å². The number of ketones is 1. The van der Waals surface area contributed by atoms with Crippen LogP contribution in [0.3, 0.4) is 0 Å². The fourth-order valence-electron chi connectivity index (χ4n) is 4.31. The number of carbonyl (C=O) groups is 2. The number of anilines is 1. The van der Waals surface area contributed by atoms with Gasteiger partial charge in [-0.2, -0.15) is 0 Å². The maximum Gasteiger partial charge on any atom is 0.233 e. The van der Waals surface area contributed by atoms with Crippen molar-refractivity contribution in [1.82, 2.24) is 9.97 Å². The quantitative estimate of drug-likeness (QED) is 0.457. The number of nitrogens with one attached hydrogen (secondary N) is 2. The number of hydrogen-bond acceptors (Lipinski definition) is 4. The Morgan fingerprint density at radius 2 is 1.97 bits per heavy atom. The maximum atomic E-state index is 12.8. The van der Waals surface area contributed by atoms with E-state index in [0.717, 1.165) is 46.5 Å². The molecule has 0 atom stereocenters. The van der Waals surface area contributed by atoms with Crippen LogP contribution in [-0.4, -0.2) is 21.7 Å². The van der Waals surface area contributed by atoms with Gasteiger partial charge in [0.1, 0.15) is 11.6 Å². The van der Waals surface area contributed by atoms with Crippen LogP contribution >= 0.6 is 0 Å². The molecule has 1 amide bonds. The zero-order valence-corrected chi connectivity index (χ0v) is 17.6. The number of carbonyl (C=O) groups excluding carboxylic acids is 2. The van der Waals surface area contributed by atoms with Crippen LogP contribution in [0, 0.1) is 0 Å². The van der Waals surface area contributed by atoms with Crippen LogP contribution < -0.4 is 5.32 Å². The summed E-state index contributed by atoms with van der Waals surface area (Å²) in [5, 5.41) is 2.84. The molecule has 4 aromatic rings. The summed E-state index contributed by atoms with van der Waals surface area (Å²) in [5.41, 5.74) is 5.79. The standard InChI is InChI=1S/C26H23N3O3/c30-22-10-4-9-21-25(22)20(14-17-6-2-1-3-7-17)26(28-21)18-11-12-27-23(15-18)29-24(31)16-19-8-5-13-32-19/h1-3,5-8,11-13,15,28H,4,9-10,14,16H2,(H,27,29,31). The van der Waals surface area contributed by atoms with Crippen LogP contribution in [0.4, 0.5) is 5.82 Å². The molecule has 0 unspecified atom stereocenters. The van der Waals surface area contributed by atoms with E-state index in [2.05, 4.69) is 27.4 Å². The number of aromatic amines is 1. The molecule has 0 aliphatic heterocycles. The van der Waals surface area contributed by atoms with Crippen LogP contribution in [0.15, 0.2) is 71.5 Å². The molecular weight excluding hydrogens is 402 g/mol. The zero-order chi connectivity index (χ0) is 21.9. The van der Waals surface area contributed by atoms with Crippen molar-refractivity contribution in [2.24, 2.45) is 0 Å². The Morgan fingerprint density at radius 1 is 1.09 bits per heavy atom. The minimum atomic E-state index is -0.199. The minimum Gasteiger partial charge on any atom is -0.469 e. The maximum absolute atomic E-state index is 12.8. The highest BCUT2D eigenvalue weighted by Gasteiger charge is 2.26. The lowest BCUT2D eigenvalue weighted by Crippen LogP contribution is -2.15. The van der Waals surface area contributed by atoms with Gasteiger partial charge in [0, 0.05) is 35.9 Å². The number of benzene rings is 1. The summed E-state index contributed by atoms with van der Waals surface area (Å²) in [7, 11) is 0. The SMILES string of the molecule is O=C(Cc1ccco1)Nc1cc(-c2[nH]c3c(c2Cc2ccccc2)C(=O)CCC3)ccn1. The molecule has 0 bridgehead atoms. The van der Waals surface area contributed by atoms with Gasteiger partial charge in [-0.1, -0.05) is 30.3 Å². The number of aryl methyl sites for hydroxylation is 1. The van der Waals surface area contributed by atoms with Gasteiger partial charge in [-0.3, -0.25) is 9.59 Å². The first-order chi connectivity index (χ1) is 15.7. The molecule has 0 fully saturated rings. The molecule has 0 spiro atoms. The van der Waals surface area contributed by atoms with E-state index in [1.54, 1.807) is 24.6 Å². The molecule has 0 saturated heterocycles. The average Bonchev–Trinajstić information content (AvgIpc) is 3.43. The summed E-state index contributed by atoms with van der Waals surface area (Å²) in [5.74, 6) is 1.05. The summed E-state index contributed by atoms with van der Waals surface area (Å²) in [6.45, 7) is 0.